The number of benzene rings is 1. The Morgan fingerprint density at radius 1 is 1.32 bits per heavy atom. The van der Waals surface area contributed by atoms with Crippen LogP contribution < -0.4 is 11.1 Å². The third-order valence-corrected chi connectivity index (χ3v) is 2.48. The molecule has 1 aromatic heterocycles. The summed E-state index contributed by atoms with van der Waals surface area (Å²) in [5.41, 5.74) is 6.74. The predicted octanol–water partition coefficient (Wildman–Crippen LogP) is 1.03. The Bertz CT molecular complexity index is 604. The Morgan fingerprint density at radius 2 is 2.00 bits per heavy atom. The molecule has 0 atom stereocenters. The first-order chi connectivity index (χ1) is 9.11. The third-order valence-electron chi connectivity index (χ3n) is 2.48. The molecule has 0 aliphatic heterocycles. The van der Waals surface area contributed by atoms with Crippen molar-refractivity contribution in [3.05, 3.63) is 41.6 Å². The molecule has 1 amide bonds. The first-order valence-corrected chi connectivity index (χ1v) is 5.40. The summed E-state index contributed by atoms with van der Waals surface area (Å²) in [6.45, 7) is 0. The average Bonchev–Trinajstić information content (AvgIpc) is 2.85. The molecule has 0 radical (unpaired) electrons. The molecule has 7 nitrogen and oxygen atoms in total. The number of carbonyl (C=O) groups is 2. The van der Waals surface area contributed by atoms with E-state index in [4.69, 9.17) is 5.73 Å². The Morgan fingerprint density at radius 3 is 2.53 bits per heavy atom. The van der Waals surface area contributed by atoms with Crippen LogP contribution in [0.2, 0.25) is 0 Å². The first-order valence-electron chi connectivity index (χ1n) is 5.40. The molecule has 0 saturated carbocycles. The summed E-state index contributed by atoms with van der Waals surface area (Å²) >= 11 is 0. The highest BCUT2D eigenvalue weighted by Gasteiger charge is 2.12. The molecule has 2 aromatic rings. The van der Waals surface area contributed by atoms with Crippen LogP contribution in [0.1, 0.15) is 20.7 Å². The van der Waals surface area contributed by atoms with Gasteiger partial charge in [0.25, 0.3) is 5.91 Å². The molecule has 2 rings (SSSR count). The van der Waals surface area contributed by atoms with E-state index in [1.165, 1.54) is 13.3 Å². The monoisotopic (exact) mass is 260 g/mol. The number of aromatic amines is 1. The van der Waals surface area contributed by atoms with Crippen LogP contribution in [0, 0.1) is 0 Å². The summed E-state index contributed by atoms with van der Waals surface area (Å²) in [5, 5.41) is 8.77. The van der Waals surface area contributed by atoms with Gasteiger partial charge in [0, 0.05) is 5.69 Å². The highest BCUT2D eigenvalue weighted by atomic mass is 16.5. The van der Waals surface area contributed by atoms with Crippen molar-refractivity contribution in [3.8, 4) is 0 Å². The van der Waals surface area contributed by atoms with E-state index in [-0.39, 0.29) is 17.3 Å². The fourth-order valence-electron chi connectivity index (χ4n) is 1.48. The molecular weight excluding hydrogens is 248 g/mol. The van der Waals surface area contributed by atoms with E-state index in [9.17, 15) is 9.59 Å². The van der Waals surface area contributed by atoms with Gasteiger partial charge in [-0.25, -0.2) is 4.79 Å². The minimum Gasteiger partial charge on any atom is -0.465 e. The number of esters is 1. The summed E-state index contributed by atoms with van der Waals surface area (Å²) in [6.07, 6.45) is 1.34. The topological polar surface area (TPSA) is 110 Å². The van der Waals surface area contributed by atoms with Crippen molar-refractivity contribution >= 4 is 23.4 Å². The lowest BCUT2D eigenvalue weighted by Gasteiger charge is -2.05. The van der Waals surface area contributed by atoms with Crippen molar-refractivity contribution in [2.45, 2.75) is 0 Å². The van der Waals surface area contributed by atoms with Gasteiger partial charge >= 0.3 is 5.97 Å². The summed E-state index contributed by atoms with van der Waals surface area (Å²) < 4.78 is 4.58. The molecule has 0 aliphatic rings. The number of rotatable bonds is 3. The highest BCUT2D eigenvalue weighted by Crippen LogP contribution is 2.13. The molecule has 1 heterocycles. The molecule has 0 aliphatic carbocycles. The number of nitrogens with one attached hydrogen (secondary N) is 2. The van der Waals surface area contributed by atoms with Gasteiger partial charge in [-0.1, -0.05) is 0 Å². The van der Waals surface area contributed by atoms with Crippen molar-refractivity contribution in [2.75, 3.05) is 18.2 Å². The van der Waals surface area contributed by atoms with Gasteiger partial charge in [0.15, 0.2) is 0 Å². The molecule has 7 heteroatoms. The number of nitrogen functional groups attached to an aromatic ring is 1. The lowest BCUT2D eigenvalue weighted by molar-refractivity contribution is 0.0600. The van der Waals surface area contributed by atoms with Crippen LogP contribution in [-0.2, 0) is 4.74 Å². The van der Waals surface area contributed by atoms with E-state index in [0.29, 0.717) is 11.3 Å². The lowest BCUT2D eigenvalue weighted by Crippen LogP contribution is -2.13. The van der Waals surface area contributed by atoms with Crippen LogP contribution in [0.3, 0.4) is 0 Å². The summed E-state index contributed by atoms with van der Waals surface area (Å²) in [4.78, 5) is 23.1. The van der Waals surface area contributed by atoms with Crippen molar-refractivity contribution in [3.63, 3.8) is 0 Å². The Labute approximate surface area is 108 Å². The van der Waals surface area contributed by atoms with Crippen molar-refractivity contribution in [2.24, 2.45) is 0 Å². The second-order valence-corrected chi connectivity index (χ2v) is 3.72. The SMILES string of the molecule is COC(=O)c1ccc(NC(=O)c2cn[nH]c2N)cc1. The maximum Gasteiger partial charge on any atom is 0.337 e. The third kappa shape index (κ3) is 2.71. The Kier molecular flexibility index (Phi) is 3.46. The fraction of sp³-hybridized carbons (Fsp3) is 0.0833. The first kappa shape index (κ1) is 12.6. The van der Waals surface area contributed by atoms with E-state index in [1.54, 1.807) is 24.3 Å². The van der Waals surface area contributed by atoms with Crippen molar-refractivity contribution < 1.29 is 14.3 Å². The average molecular weight is 260 g/mol. The van der Waals surface area contributed by atoms with Gasteiger partial charge in [-0.15, -0.1) is 0 Å². The van der Waals surface area contributed by atoms with Crippen molar-refractivity contribution in [1.82, 2.24) is 10.2 Å². The molecule has 0 saturated heterocycles. The lowest BCUT2D eigenvalue weighted by atomic mass is 10.2. The zero-order chi connectivity index (χ0) is 13.8. The molecule has 4 N–H and O–H groups in total. The number of carbonyl (C=O) groups excluding carboxylic acids is 2. The van der Waals surface area contributed by atoms with E-state index < -0.39 is 5.97 Å². The van der Waals surface area contributed by atoms with Gasteiger partial charge in [0.2, 0.25) is 0 Å². The number of nitrogens with zero attached hydrogens (tertiary/aromatic N) is 1. The maximum absolute atomic E-state index is 11.8. The van der Waals surface area contributed by atoms with Gasteiger partial charge in [0.05, 0.1) is 18.9 Å². The molecule has 0 spiro atoms. The molecular formula is C12H12N4O3. The molecule has 0 unspecified atom stereocenters. The smallest absolute Gasteiger partial charge is 0.337 e. The van der Waals surface area contributed by atoms with Gasteiger partial charge in [-0.2, -0.15) is 5.10 Å². The van der Waals surface area contributed by atoms with E-state index >= 15 is 0 Å². The highest BCUT2D eigenvalue weighted by molar-refractivity contribution is 6.07. The molecule has 0 bridgehead atoms. The number of ether oxygens (including phenoxy) is 1. The standard InChI is InChI=1S/C12H12N4O3/c1-19-12(18)7-2-4-8(5-3-7)15-11(17)9-6-14-16-10(9)13/h2-6H,1H3,(H,15,17)(H3,13,14,16). The number of anilines is 2. The number of amides is 1. The summed E-state index contributed by atoms with van der Waals surface area (Å²) in [7, 11) is 1.31. The maximum atomic E-state index is 11.8. The zero-order valence-corrected chi connectivity index (χ0v) is 10.1. The fourth-order valence-corrected chi connectivity index (χ4v) is 1.48. The van der Waals surface area contributed by atoms with Crippen LogP contribution in [0.25, 0.3) is 0 Å². The minimum absolute atomic E-state index is 0.198. The normalized spacial score (nSPS) is 9.95. The number of hydrogen-bond acceptors (Lipinski definition) is 5. The van der Waals surface area contributed by atoms with Crippen LogP contribution in [0.15, 0.2) is 30.5 Å². The summed E-state index contributed by atoms with van der Waals surface area (Å²) in [6, 6.07) is 6.31. The van der Waals surface area contributed by atoms with E-state index in [2.05, 4.69) is 20.3 Å². The Hall–Kier alpha value is -2.83. The van der Waals surface area contributed by atoms with Gasteiger partial charge < -0.3 is 15.8 Å². The largest absolute Gasteiger partial charge is 0.465 e. The number of aromatic nitrogens is 2. The van der Waals surface area contributed by atoms with Gasteiger partial charge in [0.1, 0.15) is 11.4 Å². The quantitative estimate of drug-likeness (QED) is 0.714. The second-order valence-electron chi connectivity index (χ2n) is 3.72. The number of hydrogen-bond donors (Lipinski definition) is 3. The number of H-pyrrole nitrogens is 1. The number of nitrogens with two attached hydrogens (primary N) is 1. The molecule has 98 valence electrons. The van der Waals surface area contributed by atoms with Crippen LogP contribution in [-0.4, -0.2) is 29.2 Å². The van der Waals surface area contributed by atoms with Gasteiger partial charge in [-0.3, -0.25) is 9.89 Å². The predicted molar refractivity (Wildman–Crippen MR) is 68.7 cm³/mol. The van der Waals surface area contributed by atoms with E-state index in [0.717, 1.165) is 0 Å². The molecule has 0 fully saturated rings. The van der Waals surface area contributed by atoms with Crippen LogP contribution >= 0.6 is 0 Å². The van der Waals surface area contributed by atoms with Crippen LogP contribution in [0.4, 0.5) is 11.5 Å². The van der Waals surface area contributed by atoms with E-state index in [1.807, 2.05) is 0 Å². The minimum atomic E-state index is -0.433. The Balaban J connectivity index is 2.10. The molecule has 19 heavy (non-hydrogen) atoms. The number of methoxy groups -OCH3 is 1. The van der Waals surface area contributed by atoms with Gasteiger partial charge in [-0.05, 0) is 24.3 Å². The summed E-state index contributed by atoms with van der Waals surface area (Å²) in [5.74, 6) is -0.613. The zero-order valence-electron chi connectivity index (χ0n) is 10.1. The van der Waals surface area contributed by atoms with Crippen molar-refractivity contribution in [1.29, 1.82) is 0 Å². The second kappa shape index (κ2) is 5.21. The molecule has 1 aromatic carbocycles. The van der Waals surface area contributed by atoms with Crippen LogP contribution in [0.5, 0.6) is 0 Å².